The molecule has 4 atom stereocenters. The van der Waals surface area contributed by atoms with Crippen molar-refractivity contribution in [2.45, 2.75) is 44.9 Å². The molecule has 234 valence electrons. The van der Waals surface area contributed by atoms with Gasteiger partial charge in [-0.3, -0.25) is 24.2 Å². The van der Waals surface area contributed by atoms with Gasteiger partial charge in [0.15, 0.2) is 11.4 Å². The van der Waals surface area contributed by atoms with Crippen molar-refractivity contribution in [3.8, 4) is 22.6 Å². The molecule has 3 aliphatic carbocycles. The van der Waals surface area contributed by atoms with Gasteiger partial charge in [0, 0.05) is 23.6 Å². The Morgan fingerprint density at radius 3 is 2.34 bits per heavy atom. The van der Waals surface area contributed by atoms with Gasteiger partial charge in [-0.2, -0.15) is 0 Å². The van der Waals surface area contributed by atoms with Crippen LogP contribution in [0.3, 0.4) is 0 Å². The highest BCUT2D eigenvalue weighted by Crippen LogP contribution is 2.54. The molecule has 0 aromatic heterocycles. The number of carbonyl (C=O) groups is 3. The zero-order valence-corrected chi connectivity index (χ0v) is 25.5. The van der Waals surface area contributed by atoms with E-state index in [0.717, 1.165) is 24.2 Å². The van der Waals surface area contributed by atoms with Gasteiger partial charge in [0.05, 0.1) is 18.7 Å². The highest BCUT2D eigenvalue weighted by atomic mass is 16.5. The molecule has 1 amide bonds. The molecule has 5 rings (SSSR count). The summed E-state index contributed by atoms with van der Waals surface area (Å²) in [6.45, 7) is 6.64. The molecule has 0 saturated heterocycles. The molecule has 0 heterocycles. The number of primary amides is 1. The summed E-state index contributed by atoms with van der Waals surface area (Å²) in [6, 6.07) is 7.91. The van der Waals surface area contributed by atoms with Crippen molar-refractivity contribution in [2.75, 3.05) is 34.3 Å². The van der Waals surface area contributed by atoms with Gasteiger partial charge < -0.3 is 30.9 Å². The lowest BCUT2D eigenvalue weighted by Gasteiger charge is -2.50. The summed E-state index contributed by atoms with van der Waals surface area (Å²) in [5.74, 6) is -6.24. The molecule has 0 spiro atoms. The minimum Gasteiger partial charge on any atom is -0.508 e. The number of nitrogens with zero attached hydrogens (tertiary/aromatic N) is 2. The molecule has 1 fully saturated rings. The van der Waals surface area contributed by atoms with Crippen molar-refractivity contribution in [3.05, 3.63) is 63.9 Å². The number of hydrogen-bond acceptors (Lipinski definition) is 10. The van der Waals surface area contributed by atoms with Crippen LogP contribution in [0.2, 0.25) is 0 Å². The number of ketones is 2. The summed E-state index contributed by atoms with van der Waals surface area (Å²) in [4.78, 5) is 43.4. The molecule has 1 unspecified atom stereocenters. The molecule has 2 aromatic rings. The van der Waals surface area contributed by atoms with Crippen LogP contribution in [0.4, 0.5) is 0 Å². The van der Waals surface area contributed by atoms with Crippen molar-refractivity contribution < 1.29 is 39.5 Å². The van der Waals surface area contributed by atoms with Crippen molar-refractivity contribution in [3.63, 3.8) is 0 Å². The number of phenols is 1. The Morgan fingerprint density at radius 2 is 1.75 bits per heavy atom. The number of aromatic hydroxyl groups is 1. The zero-order valence-electron chi connectivity index (χ0n) is 25.5. The van der Waals surface area contributed by atoms with E-state index in [4.69, 9.17) is 10.5 Å². The third-order valence-electron chi connectivity index (χ3n) is 9.46. The van der Waals surface area contributed by atoms with E-state index < -0.39 is 58.0 Å². The molecular formula is C33H39N3O8. The normalized spacial score (nSPS) is 24.9. The number of amides is 1. The highest BCUT2D eigenvalue weighted by molar-refractivity contribution is 6.24. The largest absolute Gasteiger partial charge is 0.508 e. The average molecular weight is 606 g/mol. The number of fused-ring (bicyclic) bond motifs is 3. The van der Waals surface area contributed by atoms with E-state index in [1.807, 2.05) is 18.2 Å². The van der Waals surface area contributed by atoms with Crippen LogP contribution < -0.4 is 10.5 Å². The molecule has 11 heteroatoms. The third-order valence-corrected chi connectivity index (χ3v) is 9.46. The molecule has 11 nitrogen and oxygen atoms in total. The van der Waals surface area contributed by atoms with Crippen LogP contribution in [0.25, 0.3) is 16.9 Å². The Labute approximate surface area is 255 Å². The summed E-state index contributed by atoms with van der Waals surface area (Å²) in [5.41, 5.74) is 4.79. The van der Waals surface area contributed by atoms with Gasteiger partial charge in [-0.1, -0.05) is 26.0 Å². The molecule has 2 aromatic carbocycles. The van der Waals surface area contributed by atoms with Gasteiger partial charge in [0.2, 0.25) is 5.78 Å². The Morgan fingerprint density at radius 1 is 1.07 bits per heavy atom. The second-order valence-corrected chi connectivity index (χ2v) is 11.9. The molecule has 0 bridgehead atoms. The first-order chi connectivity index (χ1) is 20.8. The number of benzene rings is 2. The number of methoxy groups -OCH3 is 1. The molecule has 0 radical (unpaired) electrons. The first kappa shape index (κ1) is 31.2. The van der Waals surface area contributed by atoms with E-state index in [9.17, 15) is 34.8 Å². The lowest BCUT2D eigenvalue weighted by molar-refractivity contribution is -0.153. The predicted octanol–water partition coefficient (Wildman–Crippen LogP) is 2.48. The number of phenolic OH excluding ortho intramolecular Hbond substituents is 1. The summed E-state index contributed by atoms with van der Waals surface area (Å²) in [7, 11) is 4.70. The summed E-state index contributed by atoms with van der Waals surface area (Å²) in [6.07, 6.45) is 0.196. The van der Waals surface area contributed by atoms with Crippen LogP contribution in [0.15, 0.2) is 47.2 Å². The second kappa shape index (κ2) is 11.4. The summed E-state index contributed by atoms with van der Waals surface area (Å²) < 4.78 is 5.71. The number of Topliss-reactive ketones (excluding diaryl/α,β-unsaturated/α-hetero) is 2. The fraction of sp³-hybridized carbons (Fsp3) is 0.424. The third kappa shape index (κ3) is 4.58. The van der Waals surface area contributed by atoms with Gasteiger partial charge in [-0.15, -0.1) is 0 Å². The smallest absolute Gasteiger partial charge is 0.255 e. The molecule has 0 aliphatic heterocycles. The number of likely N-dealkylation sites (N-methyl/N-ethyl adjacent to an activating group) is 1. The molecule has 3 aliphatic rings. The van der Waals surface area contributed by atoms with E-state index in [0.29, 0.717) is 23.4 Å². The number of hydrogen-bond donors (Lipinski definition) is 5. The number of aliphatic hydroxyl groups is 3. The van der Waals surface area contributed by atoms with Crippen LogP contribution in [-0.2, 0) is 27.3 Å². The van der Waals surface area contributed by atoms with E-state index >= 15 is 0 Å². The molecule has 44 heavy (non-hydrogen) atoms. The van der Waals surface area contributed by atoms with Gasteiger partial charge in [0.25, 0.3) is 5.91 Å². The number of ether oxygens (including phenoxy) is 1. The molecule has 6 N–H and O–H groups in total. The van der Waals surface area contributed by atoms with Gasteiger partial charge in [-0.05, 0) is 80.8 Å². The predicted molar refractivity (Wildman–Crippen MR) is 163 cm³/mol. The SMILES string of the molecule is CCN(CC)Cc1ccc(OC)c(-c2ccc(O)c3c2C[C@H]2CC4[C@@H](N(C)C)C(=O)C(C(N)=O)=C(O)[C@@]4(O)C(=O)C2=C3O)c1. The zero-order chi connectivity index (χ0) is 32.2. The fourth-order valence-electron chi connectivity index (χ4n) is 7.27. The maximum atomic E-state index is 14.1. The van der Waals surface area contributed by atoms with Crippen molar-refractivity contribution in [2.24, 2.45) is 17.6 Å². The Bertz CT molecular complexity index is 1620. The highest BCUT2D eigenvalue weighted by Gasteiger charge is 2.64. The maximum Gasteiger partial charge on any atom is 0.255 e. The monoisotopic (exact) mass is 605 g/mol. The summed E-state index contributed by atoms with van der Waals surface area (Å²) in [5, 5.41) is 45.5. The Hall–Kier alpha value is -4.19. The van der Waals surface area contributed by atoms with E-state index in [1.54, 1.807) is 27.3 Å². The second-order valence-electron chi connectivity index (χ2n) is 11.9. The van der Waals surface area contributed by atoms with Crippen LogP contribution in [0.5, 0.6) is 11.5 Å². The van der Waals surface area contributed by atoms with Crippen LogP contribution in [0.1, 0.15) is 37.0 Å². The minimum atomic E-state index is -2.68. The van der Waals surface area contributed by atoms with Crippen LogP contribution >= 0.6 is 0 Å². The fourth-order valence-corrected chi connectivity index (χ4v) is 7.27. The van der Waals surface area contributed by atoms with Crippen LogP contribution in [0, 0.1) is 11.8 Å². The number of rotatable bonds is 8. The summed E-state index contributed by atoms with van der Waals surface area (Å²) >= 11 is 0. The lowest BCUT2D eigenvalue weighted by Crippen LogP contribution is -2.65. The first-order valence-electron chi connectivity index (χ1n) is 14.7. The Kier molecular flexibility index (Phi) is 8.08. The van der Waals surface area contributed by atoms with Gasteiger partial charge >= 0.3 is 0 Å². The van der Waals surface area contributed by atoms with Crippen LogP contribution in [-0.4, -0.2) is 93.6 Å². The lowest BCUT2D eigenvalue weighted by atomic mass is 9.57. The number of nitrogens with two attached hydrogens (primary N) is 1. The van der Waals surface area contributed by atoms with Crippen molar-refractivity contribution in [1.82, 2.24) is 9.80 Å². The van der Waals surface area contributed by atoms with E-state index in [1.165, 1.54) is 11.0 Å². The Balaban J connectivity index is 1.70. The maximum absolute atomic E-state index is 14.1. The molecule has 1 saturated carbocycles. The van der Waals surface area contributed by atoms with Gasteiger partial charge in [0.1, 0.15) is 28.6 Å². The first-order valence-corrected chi connectivity index (χ1v) is 14.7. The number of aliphatic hydroxyl groups excluding tert-OH is 2. The quantitative estimate of drug-likeness (QED) is 0.281. The minimum absolute atomic E-state index is 0.0139. The van der Waals surface area contributed by atoms with Crippen molar-refractivity contribution >= 4 is 23.2 Å². The van der Waals surface area contributed by atoms with E-state index in [-0.39, 0.29) is 29.7 Å². The topological polar surface area (TPSA) is 174 Å². The number of carbonyl (C=O) groups excluding carboxylic acids is 3. The average Bonchev–Trinajstić information content (AvgIpc) is 2.97. The van der Waals surface area contributed by atoms with Gasteiger partial charge in [-0.25, -0.2) is 0 Å². The van der Waals surface area contributed by atoms with E-state index in [2.05, 4.69) is 18.7 Å². The standard InChI is InChI=1S/C33H39N3O8/c1-6-36(7-2)15-16-8-11-23(44-5)19(12-16)18-9-10-22(37)25-20(18)13-17-14-21-27(35(3)4)29(39)26(32(34)42)31(41)33(21,43)30(40)24(17)28(25)38/h8-12,17,21,27,37-38,41,43H,6-7,13-15H2,1-5H3,(H2,34,42)/t17-,21?,27+,33-/m0/s1. The molecular weight excluding hydrogens is 566 g/mol. The van der Waals surface area contributed by atoms with Crippen molar-refractivity contribution in [1.29, 1.82) is 0 Å².